The molecule has 8 heteroatoms. The molecule has 18 heavy (non-hydrogen) atoms. The van der Waals surface area contributed by atoms with Gasteiger partial charge in [0, 0.05) is 22.9 Å². The van der Waals surface area contributed by atoms with Gasteiger partial charge in [-0.05, 0) is 37.4 Å². The molecule has 1 aromatic rings. The van der Waals surface area contributed by atoms with Gasteiger partial charge in [0.25, 0.3) is 10.0 Å². The molecule has 1 aliphatic rings. The minimum Gasteiger partial charge on any atom is -0.206 e. The smallest absolute Gasteiger partial charge is 0.206 e. The van der Waals surface area contributed by atoms with Gasteiger partial charge in [0.05, 0.1) is 6.04 Å². The monoisotopic (exact) mass is 286 g/mol. The Morgan fingerprint density at radius 3 is 2.94 bits per heavy atom. The van der Waals surface area contributed by atoms with Gasteiger partial charge in [-0.3, -0.25) is 0 Å². The van der Waals surface area contributed by atoms with E-state index >= 15 is 0 Å². The second kappa shape index (κ2) is 5.27. The quantitative estimate of drug-likeness (QED) is 0.485. The third-order valence-corrected chi connectivity index (χ3v) is 6.22. The molecule has 2 heterocycles. The lowest BCUT2D eigenvalue weighted by Crippen LogP contribution is -2.41. The van der Waals surface area contributed by atoms with Crippen LogP contribution in [0.25, 0.3) is 10.4 Å². The first-order valence-electron chi connectivity index (χ1n) is 5.65. The molecule has 1 aliphatic heterocycles. The molecule has 0 saturated carbocycles. The van der Waals surface area contributed by atoms with E-state index in [1.165, 1.54) is 15.6 Å². The molecule has 0 radical (unpaired) electrons. The first kappa shape index (κ1) is 13.4. The van der Waals surface area contributed by atoms with Crippen molar-refractivity contribution in [2.75, 3.05) is 13.1 Å². The Balaban J connectivity index is 2.22. The van der Waals surface area contributed by atoms with Gasteiger partial charge in [0.2, 0.25) is 0 Å². The van der Waals surface area contributed by atoms with Gasteiger partial charge in [-0.15, -0.1) is 11.3 Å². The summed E-state index contributed by atoms with van der Waals surface area (Å²) in [5.41, 5.74) is 8.42. The van der Waals surface area contributed by atoms with E-state index in [1.54, 1.807) is 12.1 Å². The van der Waals surface area contributed by atoms with Crippen LogP contribution < -0.4 is 0 Å². The fourth-order valence-electron chi connectivity index (χ4n) is 1.98. The first-order valence-corrected chi connectivity index (χ1v) is 7.90. The van der Waals surface area contributed by atoms with E-state index in [9.17, 15) is 8.42 Å². The molecule has 0 N–H and O–H groups in total. The Morgan fingerprint density at radius 2 is 2.33 bits per heavy atom. The van der Waals surface area contributed by atoms with E-state index in [0.29, 0.717) is 10.8 Å². The molecule has 0 aliphatic carbocycles. The van der Waals surface area contributed by atoms with E-state index in [1.807, 2.05) is 6.92 Å². The highest BCUT2D eigenvalue weighted by Crippen LogP contribution is 2.27. The normalized spacial score (nSPS) is 21.5. The lowest BCUT2D eigenvalue weighted by atomic mass is 10.1. The molecule has 1 saturated heterocycles. The number of thiophene rings is 1. The third kappa shape index (κ3) is 2.67. The Bertz CT molecular complexity index is 574. The van der Waals surface area contributed by atoms with Crippen molar-refractivity contribution in [3.8, 4) is 0 Å². The Hall–Kier alpha value is -1.08. The van der Waals surface area contributed by atoms with Gasteiger partial charge >= 0.3 is 0 Å². The second-order valence-electron chi connectivity index (χ2n) is 4.23. The van der Waals surface area contributed by atoms with Crippen LogP contribution in [0.3, 0.4) is 0 Å². The number of aryl methyl sites for hydroxylation is 1. The van der Waals surface area contributed by atoms with Crippen molar-refractivity contribution in [1.82, 2.24) is 4.31 Å². The molecule has 0 spiro atoms. The minimum atomic E-state index is -3.42. The van der Waals surface area contributed by atoms with Gasteiger partial charge < -0.3 is 0 Å². The fourth-order valence-corrected chi connectivity index (χ4v) is 4.94. The average molecular weight is 286 g/mol. The van der Waals surface area contributed by atoms with Crippen LogP contribution in [-0.4, -0.2) is 31.9 Å². The van der Waals surface area contributed by atoms with E-state index in [2.05, 4.69) is 10.0 Å². The highest BCUT2D eigenvalue weighted by molar-refractivity contribution is 7.91. The van der Waals surface area contributed by atoms with Gasteiger partial charge in [0.1, 0.15) is 4.21 Å². The number of hydrogen-bond donors (Lipinski definition) is 0. The number of piperidine rings is 1. The molecule has 1 aromatic heterocycles. The molecule has 98 valence electrons. The van der Waals surface area contributed by atoms with Crippen LogP contribution in [0.5, 0.6) is 0 Å². The third-order valence-electron chi connectivity index (χ3n) is 2.88. The molecule has 1 fully saturated rings. The molecule has 0 amide bonds. The van der Waals surface area contributed by atoms with Crippen molar-refractivity contribution in [3.05, 3.63) is 27.5 Å². The molecule has 6 nitrogen and oxygen atoms in total. The van der Waals surface area contributed by atoms with E-state index in [4.69, 9.17) is 5.53 Å². The van der Waals surface area contributed by atoms with Crippen molar-refractivity contribution in [3.63, 3.8) is 0 Å². The summed E-state index contributed by atoms with van der Waals surface area (Å²) in [4.78, 5) is 3.73. The maximum absolute atomic E-state index is 12.4. The van der Waals surface area contributed by atoms with Crippen LogP contribution in [0.2, 0.25) is 0 Å². The topological polar surface area (TPSA) is 86.1 Å². The number of nitrogens with zero attached hydrogens (tertiary/aromatic N) is 4. The zero-order chi connectivity index (χ0) is 13.2. The van der Waals surface area contributed by atoms with Crippen LogP contribution in [0, 0.1) is 6.92 Å². The minimum absolute atomic E-state index is 0.250. The van der Waals surface area contributed by atoms with Crippen LogP contribution in [0.15, 0.2) is 21.5 Å². The largest absolute Gasteiger partial charge is 0.252 e. The van der Waals surface area contributed by atoms with Gasteiger partial charge in [0.15, 0.2) is 0 Å². The fraction of sp³-hybridized carbons (Fsp3) is 0.600. The standard InChI is InChI=1S/C10H14N4O2S2/c1-8-4-5-10(17-8)18(15,16)14-6-2-3-9(7-14)12-13-11/h4-5,9H,2-3,6-7H2,1H3. The molecular formula is C10H14N4O2S2. The second-order valence-corrected chi connectivity index (χ2v) is 7.68. The molecule has 0 bridgehead atoms. The summed E-state index contributed by atoms with van der Waals surface area (Å²) in [6.45, 7) is 2.66. The van der Waals surface area contributed by atoms with Crippen molar-refractivity contribution >= 4 is 21.4 Å². The molecule has 1 unspecified atom stereocenters. The number of sulfonamides is 1. The summed E-state index contributed by atoms with van der Waals surface area (Å²) in [5.74, 6) is 0. The van der Waals surface area contributed by atoms with Crippen molar-refractivity contribution < 1.29 is 8.42 Å². The van der Waals surface area contributed by atoms with Gasteiger partial charge in [-0.1, -0.05) is 5.11 Å². The lowest BCUT2D eigenvalue weighted by molar-refractivity contribution is 0.316. The zero-order valence-corrected chi connectivity index (χ0v) is 11.6. The lowest BCUT2D eigenvalue weighted by Gasteiger charge is -2.29. The zero-order valence-electron chi connectivity index (χ0n) is 9.98. The SMILES string of the molecule is Cc1ccc(S(=O)(=O)N2CCCC(N=[N+]=[N-])C2)s1. The van der Waals surface area contributed by atoms with Gasteiger partial charge in [-0.2, -0.15) is 4.31 Å². The average Bonchev–Trinajstić information content (AvgIpc) is 2.77. The summed E-state index contributed by atoms with van der Waals surface area (Å²) in [5, 5.41) is 3.62. The highest BCUT2D eigenvalue weighted by atomic mass is 32.2. The maximum atomic E-state index is 12.4. The Morgan fingerprint density at radius 1 is 1.56 bits per heavy atom. The van der Waals surface area contributed by atoms with Crippen LogP contribution >= 0.6 is 11.3 Å². The Kier molecular flexibility index (Phi) is 3.91. The molecule has 0 aromatic carbocycles. The van der Waals surface area contributed by atoms with Crippen LogP contribution in [0.1, 0.15) is 17.7 Å². The predicted octanol–water partition coefficient (Wildman–Crippen LogP) is 2.52. The number of azide groups is 1. The number of hydrogen-bond acceptors (Lipinski definition) is 4. The summed E-state index contributed by atoms with van der Waals surface area (Å²) in [6, 6.07) is 3.18. The molecular weight excluding hydrogens is 272 g/mol. The van der Waals surface area contributed by atoms with Crippen molar-refractivity contribution in [2.24, 2.45) is 5.11 Å². The van der Waals surface area contributed by atoms with Crippen molar-refractivity contribution in [1.29, 1.82) is 0 Å². The van der Waals surface area contributed by atoms with E-state index in [-0.39, 0.29) is 12.6 Å². The van der Waals surface area contributed by atoms with Crippen LogP contribution in [-0.2, 0) is 10.0 Å². The predicted molar refractivity (Wildman–Crippen MR) is 70.0 cm³/mol. The molecule has 1 atom stereocenters. The summed E-state index contributed by atoms with van der Waals surface area (Å²) < 4.78 is 26.5. The summed E-state index contributed by atoms with van der Waals surface area (Å²) >= 11 is 1.27. The summed E-state index contributed by atoms with van der Waals surface area (Å²) in [7, 11) is -3.42. The molecule has 2 rings (SSSR count). The van der Waals surface area contributed by atoms with Gasteiger partial charge in [-0.25, -0.2) is 8.42 Å². The highest BCUT2D eigenvalue weighted by Gasteiger charge is 2.30. The first-order chi connectivity index (χ1) is 8.54. The summed E-state index contributed by atoms with van der Waals surface area (Å²) in [6.07, 6.45) is 1.48. The van der Waals surface area contributed by atoms with E-state index in [0.717, 1.165) is 17.7 Å². The Labute approximate surface area is 110 Å². The maximum Gasteiger partial charge on any atom is 0.252 e. The van der Waals surface area contributed by atoms with Crippen LogP contribution in [0.4, 0.5) is 0 Å². The van der Waals surface area contributed by atoms with Crippen molar-refractivity contribution in [2.45, 2.75) is 30.0 Å². The number of rotatable bonds is 3. The van der Waals surface area contributed by atoms with E-state index < -0.39 is 10.0 Å².